The number of ether oxygens (including phenoxy) is 4. The molecule has 0 aliphatic carbocycles. The van der Waals surface area contributed by atoms with Crippen LogP contribution < -0.4 is 9.47 Å². The Bertz CT molecular complexity index is 1560. The number of fused-ring (bicyclic) bond motifs is 2. The van der Waals surface area contributed by atoms with E-state index in [-0.39, 0.29) is 35.3 Å². The Morgan fingerprint density at radius 2 is 1.32 bits per heavy atom. The van der Waals surface area contributed by atoms with Gasteiger partial charge in [-0.25, -0.2) is 13.5 Å². The van der Waals surface area contributed by atoms with E-state index in [2.05, 4.69) is 99.8 Å². The first-order chi connectivity index (χ1) is 21.8. The van der Waals surface area contributed by atoms with E-state index in [9.17, 15) is 8.78 Å². The lowest BCUT2D eigenvalue weighted by Gasteiger charge is -2.15. The highest BCUT2D eigenvalue weighted by Gasteiger charge is 2.17. The fourth-order valence-corrected chi connectivity index (χ4v) is 6.73. The van der Waals surface area contributed by atoms with Gasteiger partial charge in [0.25, 0.3) is 0 Å². The number of halogens is 5. The minimum absolute atomic E-state index is 0.0403. The Morgan fingerprint density at radius 1 is 0.809 bits per heavy atom. The van der Waals surface area contributed by atoms with Crippen molar-refractivity contribution in [2.24, 2.45) is 0 Å². The Labute approximate surface area is 312 Å². The Morgan fingerprint density at radius 3 is 1.83 bits per heavy atom. The largest absolute Gasteiger partial charge is 0.488 e. The van der Waals surface area contributed by atoms with Gasteiger partial charge in [0.05, 0.1) is 23.2 Å². The first-order valence-corrected chi connectivity index (χ1v) is 25.7. The van der Waals surface area contributed by atoms with Crippen LogP contribution in [0.2, 0.25) is 51.4 Å². The summed E-state index contributed by atoms with van der Waals surface area (Å²) in [5.41, 5.74) is 1.35. The van der Waals surface area contributed by atoms with Gasteiger partial charge in [-0.3, -0.25) is 5.10 Å². The van der Waals surface area contributed by atoms with Crippen molar-refractivity contribution in [1.82, 2.24) is 20.0 Å². The molecule has 0 fully saturated rings. The van der Waals surface area contributed by atoms with E-state index >= 15 is 0 Å². The summed E-state index contributed by atoms with van der Waals surface area (Å²) >= 11 is 9.60. The highest BCUT2D eigenvalue weighted by molar-refractivity contribution is 14.1. The zero-order valence-corrected chi connectivity index (χ0v) is 36.1. The van der Waals surface area contributed by atoms with Gasteiger partial charge < -0.3 is 18.9 Å². The molecule has 47 heavy (non-hydrogen) atoms. The second-order valence-electron chi connectivity index (χ2n) is 13.9. The quantitative estimate of drug-likeness (QED) is 0.0622. The summed E-state index contributed by atoms with van der Waals surface area (Å²) in [6.45, 7) is 23.3. The smallest absolute Gasteiger partial charge is 0.167 e. The van der Waals surface area contributed by atoms with Crippen molar-refractivity contribution in [3.63, 3.8) is 0 Å². The molecule has 2 aromatic carbocycles. The Hall–Kier alpha value is -1.06. The number of aromatic nitrogens is 4. The average molecular weight is 937 g/mol. The summed E-state index contributed by atoms with van der Waals surface area (Å²) in [7, 11) is -1.99. The minimum Gasteiger partial charge on any atom is -0.488 e. The molecular formula is C32H49ClF2I2N4O4Si2. The van der Waals surface area contributed by atoms with E-state index in [0.717, 1.165) is 36.3 Å². The predicted molar refractivity (Wildman–Crippen MR) is 212 cm³/mol. The third-order valence-electron chi connectivity index (χ3n) is 6.33. The molecule has 2 heterocycles. The number of alkyl halides is 1. The van der Waals surface area contributed by atoms with Crippen LogP contribution >= 0.6 is 56.8 Å². The minimum atomic E-state index is -1.11. The standard InChI is InChI=1S/C16H24FIN2O2Si.C10H10FIN2O.C6H15ClOSi/c1-11(2)22-15-8-12-14(9-13(15)17)20(19-16(12)18)10-21-6-7-23(3,4)5;1-5(2)15-9-3-6-8(4-7(9)11)13-14-10(6)12;1-9(2,3)5-4-8-6-7/h8-9,11H,6-7,10H2,1-5H3;3-5H,1-2H3,(H,13,14);4-6H2,1-3H3. The highest BCUT2D eigenvalue weighted by Crippen LogP contribution is 2.29. The van der Waals surface area contributed by atoms with Crippen LogP contribution in [0.15, 0.2) is 24.3 Å². The van der Waals surface area contributed by atoms with Crippen LogP contribution in [0.4, 0.5) is 8.78 Å². The van der Waals surface area contributed by atoms with Gasteiger partial charge in [-0.2, -0.15) is 10.2 Å². The van der Waals surface area contributed by atoms with Crippen molar-refractivity contribution in [2.75, 3.05) is 19.3 Å². The van der Waals surface area contributed by atoms with E-state index in [4.69, 9.17) is 30.5 Å². The van der Waals surface area contributed by atoms with E-state index < -0.39 is 16.1 Å². The van der Waals surface area contributed by atoms with Gasteiger partial charge in [0.1, 0.15) is 20.2 Å². The van der Waals surface area contributed by atoms with Crippen LogP contribution in [0.1, 0.15) is 27.7 Å². The third kappa shape index (κ3) is 15.2. The molecule has 1 N–H and O–H groups in total. The number of nitrogens with zero attached hydrogens (tertiary/aromatic N) is 3. The van der Waals surface area contributed by atoms with Crippen molar-refractivity contribution in [3.8, 4) is 11.5 Å². The summed E-state index contributed by atoms with van der Waals surface area (Å²) < 4.78 is 52.7. The van der Waals surface area contributed by atoms with Crippen LogP contribution in [-0.4, -0.2) is 67.6 Å². The maximum absolute atomic E-state index is 14.2. The molecular weight excluding hydrogens is 888 g/mol. The fraction of sp³-hybridized carbons (Fsp3) is 0.562. The van der Waals surface area contributed by atoms with Crippen LogP contribution in [0.25, 0.3) is 21.8 Å². The molecule has 0 radical (unpaired) electrons. The normalized spacial score (nSPS) is 11.9. The van der Waals surface area contributed by atoms with Gasteiger partial charge >= 0.3 is 0 Å². The van der Waals surface area contributed by atoms with Gasteiger partial charge in [-0.05, 0) is 97.1 Å². The molecule has 264 valence electrons. The zero-order chi connectivity index (χ0) is 35.5. The lowest BCUT2D eigenvalue weighted by Crippen LogP contribution is -2.22. The number of hydrogen-bond acceptors (Lipinski definition) is 6. The van der Waals surface area contributed by atoms with Gasteiger partial charge in [0.15, 0.2) is 23.1 Å². The van der Waals surface area contributed by atoms with Crippen LogP contribution in [0.3, 0.4) is 0 Å². The molecule has 0 amide bonds. The molecule has 15 heteroatoms. The molecule has 0 spiro atoms. The lowest BCUT2D eigenvalue weighted by atomic mass is 10.2. The van der Waals surface area contributed by atoms with E-state index in [0.29, 0.717) is 24.9 Å². The lowest BCUT2D eigenvalue weighted by molar-refractivity contribution is 0.0814. The predicted octanol–water partition coefficient (Wildman–Crippen LogP) is 10.5. The van der Waals surface area contributed by atoms with Crippen LogP contribution in [0.5, 0.6) is 11.5 Å². The molecule has 0 aliphatic heterocycles. The van der Waals surface area contributed by atoms with Gasteiger partial charge in [-0.1, -0.05) is 50.9 Å². The van der Waals surface area contributed by atoms with Crippen molar-refractivity contribution in [3.05, 3.63) is 43.3 Å². The number of benzene rings is 2. The van der Waals surface area contributed by atoms with Crippen LogP contribution in [-0.2, 0) is 16.2 Å². The third-order valence-corrected chi connectivity index (χ3v) is 11.5. The number of aromatic amines is 1. The van der Waals surface area contributed by atoms with Gasteiger partial charge in [-0.15, -0.1) is 0 Å². The molecule has 4 rings (SSSR count). The van der Waals surface area contributed by atoms with Gasteiger partial charge in [0, 0.05) is 52.3 Å². The number of H-pyrrole nitrogens is 1. The fourth-order valence-electron chi connectivity index (χ4n) is 3.87. The molecule has 0 saturated carbocycles. The maximum Gasteiger partial charge on any atom is 0.167 e. The number of nitrogens with one attached hydrogen (secondary N) is 1. The first-order valence-electron chi connectivity index (χ1n) is 15.5. The summed E-state index contributed by atoms with van der Waals surface area (Å²) in [4.78, 5) is 0. The average Bonchev–Trinajstić information content (AvgIpc) is 3.44. The Kier molecular flexibility index (Phi) is 17.4. The summed E-state index contributed by atoms with van der Waals surface area (Å²) in [6, 6.07) is 8.90. The first kappa shape index (κ1) is 42.1. The second kappa shape index (κ2) is 19.4. The second-order valence-corrected chi connectivity index (χ2v) is 27.5. The number of hydrogen-bond donors (Lipinski definition) is 1. The van der Waals surface area contributed by atoms with Gasteiger partial charge in [0.2, 0.25) is 0 Å². The zero-order valence-electron chi connectivity index (χ0n) is 29.1. The molecule has 4 aromatic rings. The molecule has 0 atom stereocenters. The summed E-state index contributed by atoms with van der Waals surface area (Å²) in [5, 5.41) is 13.0. The molecule has 0 saturated heterocycles. The van der Waals surface area contributed by atoms with Crippen molar-refractivity contribution in [1.29, 1.82) is 0 Å². The highest BCUT2D eigenvalue weighted by atomic mass is 127. The Balaban J connectivity index is 0.000000274. The maximum atomic E-state index is 14.2. The van der Waals surface area contributed by atoms with Crippen molar-refractivity contribution >= 4 is 94.7 Å². The van der Waals surface area contributed by atoms with E-state index in [1.807, 2.05) is 27.7 Å². The molecule has 0 unspecified atom stereocenters. The summed E-state index contributed by atoms with van der Waals surface area (Å²) in [6.07, 6.45) is -0.110. The SMILES string of the molecule is CC(C)Oc1cc2c(I)[nH]nc2cc1F.CC(C)Oc1cc2c(I)nn(COCC[Si](C)(C)C)c2cc1F.C[Si](C)(C)CCOCCl. The molecule has 2 aromatic heterocycles. The molecule has 0 bridgehead atoms. The summed E-state index contributed by atoms with van der Waals surface area (Å²) in [5.74, 6) is -0.202. The molecule has 8 nitrogen and oxygen atoms in total. The van der Waals surface area contributed by atoms with E-state index in [1.165, 1.54) is 18.2 Å². The topological polar surface area (TPSA) is 83.4 Å². The van der Waals surface area contributed by atoms with E-state index in [1.54, 1.807) is 16.8 Å². The van der Waals surface area contributed by atoms with Crippen LogP contribution in [0, 0.1) is 19.0 Å². The van der Waals surface area contributed by atoms with Crippen molar-refractivity contribution in [2.45, 2.75) is 98.0 Å². The van der Waals surface area contributed by atoms with Crippen molar-refractivity contribution < 1.29 is 27.7 Å². The molecule has 0 aliphatic rings. The number of rotatable bonds is 13. The monoisotopic (exact) mass is 936 g/mol.